The molecule has 0 spiro atoms. The molecule has 100 valence electrons. The van der Waals surface area contributed by atoms with Crippen molar-refractivity contribution in [3.8, 4) is 0 Å². The highest BCUT2D eigenvalue weighted by Crippen LogP contribution is 2.20. The Bertz CT molecular complexity index is 395. The summed E-state index contributed by atoms with van der Waals surface area (Å²) in [5, 5.41) is 2.93. The molecule has 1 aromatic carbocycles. The van der Waals surface area contributed by atoms with Crippen LogP contribution >= 0.6 is 0 Å². The molecule has 0 amide bonds. The fourth-order valence-corrected chi connectivity index (χ4v) is 1.93. The van der Waals surface area contributed by atoms with E-state index < -0.39 is 6.04 Å². The normalized spacial score (nSPS) is 13.8. The quantitative estimate of drug-likeness (QED) is 0.791. The number of ether oxygens (including phenoxy) is 1. The van der Waals surface area contributed by atoms with E-state index in [4.69, 9.17) is 4.74 Å². The van der Waals surface area contributed by atoms with Gasteiger partial charge < -0.3 is 10.1 Å². The van der Waals surface area contributed by atoms with Crippen molar-refractivity contribution in [1.29, 1.82) is 0 Å². The van der Waals surface area contributed by atoms with Crippen LogP contribution in [-0.4, -0.2) is 19.1 Å². The van der Waals surface area contributed by atoms with Crippen LogP contribution in [0.4, 0.5) is 10.1 Å². The number of hydrogen-bond donors (Lipinski definition) is 1. The van der Waals surface area contributed by atoms with Crippen molar-refractivity contribution in [1.82, 2.24) is 0 Å². The van der Waals surface area contributed by atoms with Crippen LogP contribution in [0.25, 0.3) is 0 Å². The SMILES string of the molecule is CCCC(C)C(Nc1ccccc1F)C(=O)OC. The van der Waals surface area contributed by atoms with Crippen molar-refractivity contribution in [2.24, 2.45) is 5.92 Å². The molecular formula is C14H20FNO2. The molecule has 2 atom stereocenters. The molecule has 0 heterocycles. The summed E-state index contributed by atoms with van der Waals surface area (Å²) in [4.78, 5) is 11.7. The maximum atomic E-state index is 13.6. The van der Waals surface area contributed by atoms with Gasteiger partial charge in [-0.25, -0.2) is 9.18 Å². The van der Waals surface area contributed by atoms with Crippen molar-refractivity contribution in [2.45, 2.75) is 32.7 Å². The molecule has 0 saturated heterocycles. The summed E-state index contributed by atoms with van der Waals surface area (Å²) in [5.74, 6) is -0.642. The number of carbonyl (C=O) groups excluding carboxylic acids is 1. The summed E-state index contributed by atoms with van der Waals surface area (Å²) in [7, 11) is 1.34. The molecule has 1 aromatic rings. The number of rotatable bonds is 6. The van der Waals surface area contributed by atoms with Crippen LogP contribution in [0.5, 0.6) is 0 Å². The van der Waals surface area contributed by atoms with Crippen LogP contribution in [0.1, 0.15) is 26.7 Å². The van der Waals surface area contributed by atoms with Gasteiger partial charge in [0, 0.05) is 0 Å². The maximum absolute atomic E-state index is 13.6. The highest BCUT2D eigenvalue weighted by atomic mass is 19.1. The van der Waals surface area contributed by atoms with Crippen LogP contribution in [0.15, 0.2) is 24.3 Å². The second kappa shape index (κ2) is 6.99. The predicted molar refractivity (Wildman–Crippen MR) is 69.9 cm³/mol. The molecule has 0 fully saturated rings. The summed E-state index contributed by atoms with van der Waals surface area (Å²) >= 11 is 0. The Morgan fingerprint density at radius 1 is 1.44 bits per heavy atom. The number of halogens is 1. The Morgan fingerprint density at radius 2 is 2.11 bits per heavy atom. The van der Waals surface area contributed by atoms with Gasteiger partial charge in [-0.3, -0.25) is 0 Å². The lowest BCUT2D eigenvalue weighted by Crippen LogP contribution is -2.37. The fourth-order valence-electron chi connectivity index (χ4n) is 1.93. The van der Waals surface area contributed by atoms with Gasteiger partial charge in [0.15, 0.2) is 0 Å². The minimum Gasteiger partial charge on any atom is -0.467 e. The summed E-state index contributed by atoms with van der Waals surface area (Å²) in [6.07, 6.45) is 1.84. The summed E-state index contributed by atoms with van der Waals surface area (Å²) in [5.41, 5.74) is 0.329. The lowest BCUT2D eigenvalue weighted by atomic mass is 9.96. The van der Waals surface area contributed by atoms with Crippen LogP contribution in [0, 0.1) is 11.7 Å². The van der Waals surface area contributed by atoms with E-state index in [2.05, 4.69) is 5.32 Å². The van der Waals surface area contributed by atoms with Crippen LogP contribution in [-0.2, 0) is 9.53 Å². The highest BCUT2D eigenvalue weighted by molar-refractivity contribution is 5.79. The van der Waals surface area contributed by atoms with E-state index in [0.717, 1.165) is 12.8 Å². The van der Waals surface area contributed by atoms with E-state index in [1.807, 2.05) is 13.8 Å². The van der Waals surface area contributed by atoms with Gasteiger partial charge in [-0.15, -0.1) is 0 Å². The third-order valence-corrected chi connectivity index (χ3v) is 2.95. The molecule has 0 radical (unpaired) electrons. The zero-order valence-corrected chi connectivity index (χ0v) is 11.1. The molecule has 3 nitrogen and oxygen atoms in total. The molecule has 0 aliphatic carbocycles. The molecule has 0 aliphatic rings. The van der Waals surface area contributed by atoms with Gasteiger partial charge in [0.1, 0.15) is 11.9 Å². The second-order valence-corrected chi connectivity index (χ2v) is 4.39. The Morgan fingerprint density at radius 3 is 2.67 bits per heavy atom. The molecule has 18 heavy (non-hydrogen) atoms. The smallest absolute Gasteiger partial charge is 0.328 e. The summed E-state index contributed by atoms with van der Waals surface area (Å²) in [6, 6.07) is 5.80. The van der Waals surface area contributed by atoms with E-state index in [0.29, 0.717) is 5.69 Å². The number of anilines is 1. The van der Waals surface area contributed by atoms with E-state index in [1.165, 1.54) is 13.2 Å². The molecule has 0 bridgehead atoms. The maximum Gasteiger partial charge on any atom is 0.328 e. The Labute approximate surface area is 107 Å². The molecule has 4 heteroatoms. The van der Waals surface area contributed by atoms with Gasteiger partial charge in [-0.05, 0) is 24.5 Å². The highest BCUT2D eigenvalue weighted by Gasteiger charge is 2.25. The van der Waals surface area contributed by atoms with Gasteiger partial charge in [0.05, 0.1) is 12.8 Å². The topological polar surface area (TPSA) is 38.3 Å². The molecule has 1 rings (SSSR count). The Hall–Kier alpha value is -1.58. The van der Waals surface area contributed by atoms with Crippen LogP contribution < -0.4 is 5.32 Å². The first-order chi connectivity index (χ1) is 8.60. The number of esters is 1. The fraction of sp³-hybridized carbons (Fsp3) is 0.500. The number of methoxy groups -OCH3 is 1. The molecular weight excluding hydrogens is 233 g/mol. The van der Waals surface area contributed by atoms with E-state index >= 15 is 0 Å². The van der Waals surface area contributed by atoms with Crippen molar-refractivity contribution >= 4 is 11.7 Å². The molecule has 0 aliphatic heterocycles. The lowest BCUT2D eigenvalue weighted by Gasteiger charge is -2.23. The van der Waals surface area contributed by atoms with Crippen LogP contribution in [0.2, 0.25) is 0 Å². The zero-order chi connectivity index (χ0) is 13.5. The van der Waals surface area contributed by atoms with E-state index in [9.17, 15) is 9.18 Å². The lowest BCUT2D eigenvalue weighted by molar-refractivity contribution is -0.142. The molecule has 0 aromatic heterocycles. The van der Waals surface area contributed by atoms with Crippen LogP contribution in [0.3, 0.4) is 0 Å². The van der Waals surface area contributed by atoms with Crippen molar-refractivity contribution in [2.75, 3.05) is 12.4 Å². The first-order valence-corrected chi connectivity index (χ1v) is 6.19. The predicted octanol–water partition coefficient (Wildman–Crippen LogP) is 3.22. The number of para-hydroxylation sites is 1. The summed E-state index contributed by atoms with van der Waals surface area (Å²) < 4.78 is 18.3. The van der Waals surface area contributed by atoms with E-state index in [-0.39, 0.29) is 17.7 Å². The number of hydrogen-bond acceptors (Lipinski definition) is 3. The van der Waals surface area contributed by atoms with Gasteiger partial charge in [0.2, 0.25) is 0 Å². The number of carbonyl (C=O) groups is 1. The zero-order valence-electron chi connectivity index (χ0n) is 11.1. The first-order valence-electron chi connectivity index (χ1n) is 6.19. The minimum atomic E-state index is -0.521. The minimum absolute atomic E-state index is 0.0852. The monoisotopic (exact) mass is 253 g/mol. The summed E-state index contributed by atoms with van der Waals surface area (Å²) in [6.45, 7) is 4.01. The number of nitrogens with one attached hydrogen (secondary N) is 1. The molecule has 1 N–H and O–H groups in total. The third kappa shape index (κ3) is 3.72. The third-order valence-electron chi connectivity index (χ3n) is 2.95. The van der Waals surface area contributed by atoms with Crippen molar-refractivity contribution in [3.05, 3.63) is 30.1 Å². The first kappa shape index (κ1) is 14.5. The van der Waals surface area contributed by atoms with Crippen molar-refractivity contribution in [3.63, 3.8) is 0 Å². The molecule has 0 saturated carbocycles. The van der Waals surface area contributed by atoms with E-state index in [1.54, 1.807) is 18.2 Å². The Balaban J connectivity index is 2.85. The van der Waals surface area contributed by atoms with Gasteiger partial charge in [0.25, 0.3) is 0 Å². The Kier molecular flexibility index (Phi) is 5.62. The molecule has 2 unspecified atom stereocenters. The second-order valence-electron chi connectivity index (χ2n) is 4.39. The van der Waals surface area contributed by atoms with Gasteiger partial charge >= 0.3 is 5.97 Å². The largest absolute Gasteiger partial charge is 0.467 e. The standard InChI is InChI=1S/C14H20FNO2/c1-4-7-10(2)13(14(17)18-3)16-12-9-6-5-8-11(12)15/h5-6,8-10,13,16H,4,7H2,1-3H3. The average molecular weight is 253 g/mol. The van der Waals surface area contributed by atoms with Gasteiger partial charge in [-0.2, -0.15) is 0 Å². The number of benzene rings is 1. The van der Waals surface area contributed by atoms with Gasteiger partial charge in [-0.1, -0.05) is 32.4 Å². The van der Waals surface area contributed by atoms with Crippen molar-refractivity contribution < 1.29 is 13.9 Å². The average Bonchev–Trinajstić information content (AvgIpc) is 2.37.